The number of allylic oxidation sites excluding steroid dienone is 3. The van der Waals surface area contributed by atoms with Crippen LogP contribution >= 0.6 is 15.9 Å². The number of nitrogen functional groups attached to an aromatic ring is 1. The van der Waals surface area contributed by atoms with E-state index >= 15 is 0 Å². The van der Waals surface area contributed by atoms with Gasteiger partial charge in [0.05, 0.1) is 23.6 Å². The Labute approximate surface area is 171 Å². The highest BCUT2D eigenvalue weighted by molar-refractivity contribution is 9.10. The van der Waals surface area contributed by atoms with Crippen LogP contribution in [-0.4, -0.2) is 9.97 Å². The molecule has 1 unspecified atom stereocenters. The molecule has 1 aliphatic carbocycles. The van der Waals surface area contributed by atoms with Crippen molar-refractivity contribution in [2.75, 3.05) is 11.1 Å². The Hall–Kier alpha value is -3.36. The Kier molecular flexibility index (Phi) is 5.62. The van der Waals surface area contributed by atoms with Crippen LogP contribution in [0, 0.1) is 42.4 Å². The van der Waals surface area contributed by atoms with Gasteiger partial charge in [0.15, 0.2) is 0 Å². The van der Waals surface area contributed by atoms with Crippen LogP contribution in [0.4, 0.5) is 11.8 Å². The van der Waals surface area contributed by atoms with E-state index in [4.69, 9.17) is 21.0 Å². The first kappa shape index (κ1) is 19.4. The lowest BCUT2D eigenvalue weighted by molar-refractivity contribution is 0.452. The van der Waals surface area contributed by atoms with Crippen molar-refractivity contribution < 1.29 is 4.74 Å². The third-order valence-corrected chi connectivity index (χ3v) is 4.90. The van der Waals surface area contributed by atoms with Crippen molar-refractivity contribution in [1.82, 2.24) is 9.97 Å². The molecule has 3 rings (SSSR count). The number of hydrogen-bond donors (Lipinski definition) is 2. The van der Waals surface area contributed by atoms with Gasteiger partial charge in [-0.2, -0.15) is 20.5 Å². The van der Waals surface area contributed by atoms with Gasteiger partial charge in [0.25, 0.3) is 0 Å². The molecule has 1 aliphatic rings. The first-order valence-electron chi connectivity index (χ1n) is 8.48. The third kappa shape index (κ3) is 4.13. The van der Waals surface area contributed by atoms with Crippen molar-refractivity contribution in [2.24, 2.45) is 5.92 Å². The minimum atomic E-state index is -0.123. The molecule has 1 heterocycles. The van der Waals surface area contributed by atoms with Crippen LogP contribution in [0.25, 0.3) is 0 Å². The molecule has 0 fully saturated rings. The number of aromatic nitrogens is 2. The Balaban J connectivity index is 1.89. The number of nitriles is 2. The summed E-state index contributed by atoms with van der Waals surface area (Å²) in [6.45, 7) is 3.73. The molecule has 0 saturated heterocycles. The monoisotopic (exact) mass is 436 g/mol. The number of ether oxygens (including phenoxy) is 1. The third-order valence-electron chi connectivity index (χ3n) is 4.16. The summed E-state index contributed by atoms with van der Waals surface area (Å²) in [5.41, 5.74) is 8.98. The average Bonchev–Trinajstić information content (AvgIpc) is 2.68. The molecule has 0 saturated carbocycles. The van der Waals surface area contributed by atoms with Gasteiger partial charge >= 0.3 is 0 Å². The molecule has 7 nitrogen and oxygen atoms in total. The van der Waals surface area contributed by atoms with E-state index in [9.17, 15) is 0 Å². The highest BCUT2D eigenvalue weighted by Gasteiger charge is 2.16. The first-order valence-corrected chi connectivity index (χ1v) is 9.27. The molecular formula is C20H17BrN6O. The molecule has 2 aromatic rings. The number of nitrogens with zero attached hydrogens (tertiary/aromatic N) is 4. The molecule has 0 bridgehead atoms. The van der Waals surface area contributed by atoms with Crippen LogP contribution < -0.4 is 15.8 Å². The van der Waals surface area contributed by atoms with Gasteiger partial charge in [-0.05, 0) is 65.5 Å². The fraction of sp³-hybridized carbons (Fsp3) is 0.200. The number of benzene rings is 1. The molecular weight excluding hydrogens is 420 g/mol. The molecule has 8 heteroatoms. The molecule has 1 aromatic carbocycles. The van der Waals surface area contributed by atoms with Gasteiger partial charge in [-0.25, -0.2) is 0 Å². The summed E-state index contributed by atoms with van der Waals surface area (Å²) >= 11 is 3.37. The fourth-order valence-electron chi connectivity index (χ4n) is 2.78. The highest BCUT2D eigenvalue weighted by Crippen LogP contribution is 2.36. The first-order chi connectivity index (χ1) is 13.4. The zero-order chi connectivity index (χ0) is 20.3. The molecule has 0 amide bonds. The molecule has 0 spiro atoms. The van der Waals surface area contributed by atoms with Crippen LogP contribution in [0.2, 0.25) is 0 Å². The van der Waals surface area contributed by atoms with Crippen molar-refractivity contribution in [3.8, 4) is 23.8 Å². The average molecular weight is 437 g/mol. The molecule has 0 aliphatic heterocycles. The number of nitrogens with one attached hydrogen (secondary N) is 1. The largest absolute Gasteiger partial charge is 0.437 e. The van der Waals surface area contributed by atoms with Gasteiger partial charge in [-0.3, -0.25) is 0 Å². The van der Waals surface area contributed by atoms with Crippen LogP contribution in [0.15, 0.2) is 40.5 Å². The number of aryl methyl sites for hydroxylation is 2. The molecule has 1 atom stereocenters. The van der Waals surface area contributed by atoms with E-state index in [1.165, 1.54) is 0 Å². The van der Waals surface area contributed by atoms with Crippen LogP contribution in [-0.2, 0) is 0 Å². The second-order valence-corrected chi connectivity index (χ2v) is 7.11. The van der Waals surface area contributed by atoms with E-state index in [0.717, 1.165) is 16.8 Å². The molecule has 3 N–H and O–H groups in total. The Bertz CT molecular complexity index is 1050. The molecule has 1 aromatic heterocycles. The number of halogens is 1. The standard InChI is InChI=1S/C20H17BrN6O/c1-11-7-14(10-23)8-12(2)17(11)28-19-16(21)18(24)26-20(27-19)25-15-5-3-13(9-22)4-6-15/h3,5-8,13H,4H2,1-2H3,(H3,24,25,26,27). The Morgan fingerprint density at radius 2 is 1.96 bits per heavy atom. The SMILES string of the molecule is Cc1cc(C#N)cc(C)c1Oc1nc(NC2=CCC(C#N)C=C2)nc(N)c1Br. The van der Waals surface area contributed by atoms with Crippen molar-refractivity contribution >= 4 is 27.7 Å². The van der Waals surface area contributed by atoms with Gasteiger partial charge in [0.2, 0.25) is 11.8 Å². The van der Waals surface area contributed by atoms with Crippen LogP contribution in [0.3, 0.4) is 0 Å². The molecule has 0 radical (unpaired) electrons. The smallest absolute Gasteiger partial charge is 0.240 e. The van der Waals surface area contributed by atoms with Crippen molar-refractivity contribution in [3.05, 3.63) is 57.2 Å². The summed E-state index contributed by atoms with van der Waals surface area (Å²) < 4.78 is 6.45. The van der Waals surface area contributed by atoms with Crippen LogP contribution in [0.1, 0.15) is 23.1 Å². The maximum Gasteiger partial charge on any atom is 0.240 e. The lowest BCUT2D eigenvalue weighted by atomic mass is 10.0. The van der Waals surface area contributed by atoms with Gasteiger partial charge in [0, 0.05) is 5.70 Å². The lowest BCUT2D eigenvalue weighted by Crippen LogP contribution is -2.09. The molecule has 140 valence electrons. The van der Waals surface area contributed by atoms with E-state index in [1.54, 1.807) is 12.1 Å². The van der Waals surface area contributed by atoms with Gasteiger partial charge in [0.1, 0.15) is 16.0 Å². The van der Waals surface area contributed by atoms with Crippen molar-refractivity contribution in [1.29, 1.82) is 10.5 Å². The summed E-state index contributed by atoms with van der Waals surface area (Å²) in [4.78, 5) is 8.64. The second kappa shape index (κ2) is 8.12. The normalized spacial score (nSPS) is 15.3. The van der Waals surface area contributed by atoms with E-state index < -0.39 is 0 Å². The number of anilines is 2. The lowest BCUT2D eigenvalue weighted by Gasteiger charge is -2.16. The number of nitrogens with two attached hydrogens (primary N) is 1. The van der Waals surface area contributed by atoms with Gasteiger partial charge in [-0.1, -0.05) is 12.2 Å². The maximum atomic E-state index is 9.10. The zero-order valence-electron chi connectivity index (χ0n) is 15.3. The van der Waals surface area contributed by atoms with E-state index in [2.05, 4.69) is 43.4 Å². The molecule has 28 heavy (non-hydrogen) atoms. The van der Waals surface area contributed by atoms with Gasteiger partial charge in [-0.15, -0.1) is 0 Å². The van der Waals surface area contributed by atoms with Gasteiger partial charge < -0.3 is 15.8 Å². The number of hydrogen-bond acceptors (Lipinski definition) is 7. The predicted octanol–water partition coefficient (Wildman–Crippen LogP) is 4.50. The zero-order valence-corrected chi connectivity index (χ0v) is 16.9. The fourth-order valence-corrected chi connectivity index (χ4v) is 3.04. The van der Waals surface area contributed by atoms with E-state index in [0.29, 0.717) is 22.2 Å². The quantitative estimate of drug-likeness (QED) is 0.723. The topological polar surface area (TPSA) is 121 Å². The summed E-state index contributed by atoms with van der Waals surface area (Å²) in [6.07, 6.45) is 6.17. The predicted molar refractivity (Wildman–Crippen MR) is 109 cm³/mol. The summed E-state index contributed by atoms with van der Waals surface area (Å²) in [6, 6.07) is 7.84. The van der Waals surface area contributed by atoms with E-state index in [-0.39, 0.29) is 23.6 Å². The number of rotatable bonds is 4. The summed E-state index contributed by atoms with van der Waals surface area (Å²) in [5.74, 6) is 1.26. The minimum Gasteiger partial charge on any atom is -0.437 e. The van der Waals surface area contributed by atoms with Crippen molar-refractivity contribution in [2.45, 2.75) is 20.3 Å². The summed E-state index contributed by atoms with van der Waals surface area (Å²) in [7, 11) is 0. The second-order valence-electron chi connectivity index (χ2n) is 6.32. The summed E-state index contributed by atoms with van der Waals surface area (Å²) in [5, 5.41) is 21.1. The van der Waals surface area contributed by atoms with Crippen molar-refractivity contribution in [3.63, 3.8) is 0 Å². The maximum absolute atomic E-state index is 9.10. The highest BCUT2D eigenvalue weighted by atomic mass is 79.9. The Morgan fingerprint density at radius 3 is 2.54 bits per heavy atom. The van der Waals surface area contributed by atoms with E-state index in [1.807, 2.05) is 32.1 Å². The Morgan fingerprint density at radius 1 is 1.25 bits per heavy atom. The minimum absolute atomic E-state index is 0.123. The van der Waals surface area contributed by atoms with Crippen LogP contribution in [0.5, 0.6) is 11.6 Å².